The molecule has 1 fully saturated rings. The first-order valence-corrected chi connectivity index (χ1v) is 13.1. The first-order valence-electron chi connectivity index (χ1n) is 11.7. The number of nitrogens with one attached hydrogen (secondary N) is 1. The summed E-state index contributed by atoms with van der Waals surface area (Å²) in [7, 11) is 0. The summed E-state index contributed by atoms with van der Waals surface area (Å²) in [5, 5.41) is 12.3. The number of alkyl carbamates (subject to hydrolysis) is 1. The largest absolute Gasteiger partial charge is 0.480 e. The monoisotopic (exact) mass is 498 g/mol. The third-order valence-electron chi connectivity index (χ3n) is 6.57. The van der Waals surface area contributed by atoms with E-state index in [0.29, 0.717) is 12.2 Å². The maximum atomic E-state index is 13.3. The van der Waals surface area contributed by atoms with Crippen molar-refractivity contribution >= 4 is 29.7 Å². The average molecular weight is 499 g/mol. The van der Waals surface area contributed by atoms with E-state index in [-0.39, 0.29) is 25.7 Å². The molecule has 1 heterocycles. The van der Waals surface area contributed by atoms with Crippen LogP contribution in [-0.2, 0) is 19.1 Å². The maximum Gasteiger partial charge on any atom is 0.407 e. The van der Waals surface area contributed by atoms with Gasteiger partial charge in [-0.2, -0.15) is 11.8 Å². The van der Waals surface area contributed by atoms with E-state index in [2.05, 4.69) is 17.4 Å². The molecule has 3 atom stereocenters. The highest BCUT2D eigenvalue weighted by atomic mass is 32.2. The van der Waals surface area contributed by atoms with E-state index >= 15 is 0 Å². The summed E-state index contributed by atoms with van der Waals surface area (Å²) in [6, 6.07) is 14.1. The number of carboxylic acid groups (broad SMARTS) is 1. The maximum absolute atomic E-state index is 13.3. The number of hydrogen-bond acceptors (Lipinski definition) is 6. The van der Waals surface area contributed by atoms with Crippen molar-refractivity contribution in [2.24, 2.45) is 0 Å². The number of morpholine rings is 1. The third-order valence-corrected chi connectivity index (χ3v) is 7.22. The first kappa shape index (κ1) is 25.1. The lowest BCUT2D eigenvalue weighted by molar-refractivity contribution is -0.165. The topological polar surface area (TPSA) is 105 Å². The molecule has 2 N–H and O–H groups in total. The van der Waals surface area contributed by atoms with Gasteiger partial charge in [-0.25, -0.2) is 9.59 Å². The molecule has 0 saturated carbocycles. The highest BCUT2D eigenvalue weighted by Gasteiger charge is 2.40. The number of carbonyl (C=O) groups is 3. The fraction of sp³-hybridized carbons (Fsp3) is 0.423. The molecule has 8 nitrogen and oxygen atoms in total. The number of amides is 2. The fourth-order valence-electron chi connectivity index (χ4n) is 4.88. The molecule has 1 aliphatic carbocycles. The van der Waals surface area contributed by atoms with Crippen LogP contribution in [0.3, 0.4) is 0 Å². The van der Waals surface area contributed by atoms with Gasteiger partial charge >= 0.3 is 12.1 Å². The molecule has 2 amide bonds. The van der Waals surface area contributed by atoms with Crippen molar-refractivity contribution in [2.75, 3.05) is 31.8 Å². The number of ether oxygens (including phenoxy) is 2. The van der Waals surface area contributed by atoms with Crippen molar-refractivity contribution in [3.8, 4) is 11.1 Å². The van der Waals surface area contributed by atoms with Gasteiger partial charge in [0.1, 0.15) is 12.6 Å². The van der Waals surface area contributed by atoms with Gasteiger partial charge in [-0.15, -0.1) is 0 Å². The van der Waals surface area contributed by atoms with Gasteiger partial charge < -0.3 is 24.8 Å². The summed E-state index contributed by atoms with van der Waals surface area (Å²) in [5.74, 6) is -1.03. The van der Waals surface area contributed by atoms with E-state index < -0.39 is 36.2 Å². The van der Waals surface area contributed by atoms with Gasteiger partial charge in [0.15, 0.2) is 6.04 Å². The van der Waals surface area contributed by atoms with Gasteiger partial charge in [-0.1, -0.05) is 48.5 Å². The van der Waals surface area contributed by atoms with E-state index in [1.54, 1.807) is 18.7 Å². The number of fused-ring (bicyclic) bond motifs is 3. The van der Waals surface area contributed by atoms with E-state index in [1.807, 2.05) is 42.7 Å². The number of aliphatic carboxylic acids is 1. The van der Waals surface area contributed by atoms with Crippen molar-refractivity contribution in [2.45, 2.75) is 37.5 Å². The number of carboxylic acids is 1. The molecule has 35 heavy (non-hydrogen) atoms. The minimum atomic E-state index is -1.13. The zero-order chi connectivity index (χ0) is 24.9. The van der Waals surface area contributed by atoms with E-state index in [0.717, 1.165) is 22.3 Å². The van der Waals surface area contributed by atoms with Crippen LogP contribution >= 0.6 is 11.8 Å². The van der Waals surface area contributed by atoms with Gasteiger partial charge in [0.2, 0.25) is 5.91 Å². The predicted molar refractivity (Wildman–Crippen MR) is 134 cm³/mol. The second-order valence-corrected chi connectivity index (χ2v) is 9.68. The van der Waals surface area contributed by atoms with Gasteiger partial charge in [0.05, 0.1) is 12.7 Å². The van der Waals surface area contributed by atoms with Crippen LogP contribution in [0.15, 0.2) is 48.5 Å². The Hall–Kier alpha value is -3.04. The molecule has 0 radical (unpaired) electrons. The average Bonchev–Trinajstić information content (AvgIpc) is 3.18. The van der Waals surface area contributed by atoms with Gasteiger partial charge in [-0.3, -0.25) is 4.79 Å². The van der Waals surface area contributed by atoms with Gasteiger partial charge in [0.25, 0.3) is 0 Å². The zero-order valence-corrected chi connectivity index (χ0v) is 20.6. The van der Waals surface area contributed by atoms with E-state index in [1.165, 1.54) is 4.90 Å². The van der Waals surface area contributed by atoms with Crippen molar-refractivity contribution in [3.05, 3.63) is 59.7 Å². The molecule has 1 saturated heterocycles. The van der Waals surface area contributed by atoms with Crippen molar-refractivity contribution in [1.29, 1.82) is 0 Å². The molecular weight excluding hydrogens is 468 g/mol. The zero-order valence-electron chi connectivity index (χ0n) is 19.8. The third kappa shape index (κ3) is 5.31. The Morgan fingerprint density at radius 2 is 1.77 bits per heavy atom. The summed E-state index contributed by atoms with van der Waals surface area (Å²) < 4.78 is 11.1. The van der Waals surface area contributed by atoms with Crippen LogP contribution in [-0.4, -0.2) is 77.9 Å². The van der Waals surface area contributed by atoms with Crippen LogP contribution in [0.5, 0.6) is 0 Å². The highest BCUT2D eigenvalue weighted by molar-refractivity contribution is 7.98. The molecular formula is C26H30N2O6S. The van der Waals surface area contributed by atoms with Gasteiger partial charge in [-0.05, 0) is 47.6 Å². The predicted octanol–water partition coefficient (Wildman–Crippen LogP) is 3.35. The van der Waals surface area contributed by atoms with Crippen molar-refractivity contribution < 1.29 is 29.0 Å². The molecule has 2 aliphatic rings. The molecule has 0 bridgehead atoms. The standard InChI is InChI=1S/C26H30N2O6S/c1-16-23(25(30)31)28(12-13-33-16)24(29)22(11-14-35-2)27-26(32)34-15-21-19-9-5-3-7-17(19)18-8-4-6-10-20(18)21/h3-10,16,21-23H,11-15H2,1-2H3,(H,27,32)(H,30,31). The van der Waals surface area contributed by atoms with E-state index in [9.17, 15) is 19.5 Å². The van der Waals surface area contributed by atoms with Crippen molar-refractivity contribution in [3.63, 3.8) is 0 Å². The molecule has 0 spiro atoms. The molecule has 9 heteroatoms. The molecule has 4 rings (SSSR count). The summed E-state index contributed by atoms with van der Waals surface area (Å²) in [6.07, 6.45) is 0.939. The normalized spacial score (nSPS) is 20.0. The Morgan fingerprint density at radius 1 is 1.14 bits per heavy atom. The molecule has 2 aromatic carbocycles. The lowest BCUT2D eigenvalue weighted by Crippen LogP contribution is -2.61. The highest BCUT2D eigenvalue weighted by Crippen LogP contribution is 2.44. The second-order valence-electron chi connectivity index (χ2n) is 8.69. The Morgan fingerprint density at radius 3 is 2.37 bits per heavy atom. The quantitative estimate of drug-likeness (QED) is 0.575. The van der Waals surface area contributed by atoms with Crippen LogP contribution in [0.1, 0.15) is 30.4 Å². The number of nitrogens with zero attached hydrogens (tertiary/aromatic N) is 1. The first-order chi connectivity index (χ1) is 16.9. The minimum Gasteiger partial charge on any atom is -0.480 e. The van der Waals surface area contributed by atoms with Crippen LogP contribution < -0.4 is 5.32 Å². The van der Waals surface area contributed by atoms with Crippen LogP contribution in [0.4, 0.5) is 4.79 Å². The number of thioether (sulfide) groups is 1. The summed E-state index contributed by atoms with van der Waals surface area (Å²) in [4.78, 5) is 39.2. The summed E-state index contributed by atoms with van der Waals surface area (Å²) in [5.41, 5.74) is 4.46. The van der Waals surface area contributed by atoms with E-state index in [4.69, 9.17) is 9.47 Å². The summed E-state index contributed by atoms with van der Waals surface area (Å²) in [6.45, 7) is 2.17. The summed E-state index contributed by atoms with van der Waals surface area (Å²) >= 11 is 1.54. The fourth-order valence-corrected chi connectivity index (χ4v) is 5.35. The number of hydrogen-bond donors (Lipinski definition) is 2. The van der Waals surface area contributed by atoms with Crippen molar-refractivity contribution in [1.82, 2.24) is 10.2 Å². The number of rotatable bonds is 8. The number of carbonyl (C=O) groups excluding carboxylic acids is 2. The van der Waals surface area contributed by atoms with Crippen LogP contribution in [0.2, 0.25) is 0 Å². The SMILES string of the molecule is CSCCC(NC(=O)OCC1c2ccccc2-c2ccccc21)C(=O)N1CCOC(C)C1C(=O)O. The van der Waals surface area contributed by atoms with Crippen LogP contribution in [0.25, 0.3) is 11.1 Å². The Bertz CT molecular complexity index is 1050. The Kier molecular flexibility index (Phi) is 7.97. The molecule has 1 aliphatic heterocycles. The lowest BCUT2D eigenvalue weighted by Gasteiger charge is -2.39. The number of benzene rings is 2. The molecule has 186 valence electrons. The second kappa shape index (κ2) is 11.1. The molecule has 3 unspecified atom stereocenters. The molecule has 2 aromatic rings. The smallest absolute Gasteiger partial charge is 0.407 e. The van der Waals surface area contributed by atoms with Gasteiger partial charge in [0, 0.05) is 12.5 Å². The lowest BCUT2D eigenvalue weighted by atomic mass is 9.98. The Labute approximate surface area is 209 Å². The van der Waals surface area contributed by atoms with Crippen LogP contribution in [0, 0.1) is 0 Å². The Balaban J connectivity index is 1.45. The molecule has 0 aromatic heterocycles. The minimum absolute atomic E-state index is 0.0926.